The number of hydrogen-bond acceptors (Lipinski definition) is 5. The number of tetrazole rings is 1. The summed E-state index contributed by atoms with van der Waals surface area (Å²) < 4.78 is 41.5. The molecule has 0 spiro atoms. The monoisotopic (exact) mass is 296 g/mol. The Morgan fingerprint density at radius 2 is 1.95 bits per heavy atom. The third kappa shape index (κ3) is 3.44. The highest BCUT2D eigenvalue weighted by Gasteiger charge is 2.40. The fraction of sp³-hybridized carbons (Fsp3) is 0.800. The average Bonchev–Trinajstić information content (AvgIpc) is 2.78. The van der Waals surface area contributed by atoms with Crippen molar-refractivity contribution in [3.05, 3.63) is 5.82 Å². The molecule has 10 heteroatoms. The van der Waals surface area contributed by atoms with Gasteiger partial charge < -0.3 is 9.84 Å². The van der Waals surface area contributed by atoms with E-state index in [4.69, 9.17) is 0 Å². The lowest BCUT2D eigenvalue weighted by Gasteiger charge is -2.27. The van der Waals surface area contributed by atoms with Crippen molar-refractivity contribution in [1.29, 1.82) is 0 Å². The molecule has 0 radical (unpaired) electrons. The number of ether oxygens (including phenoxy) is 1. The number of carbonyl (C=O) groups is 1. The summed E-state index contributed by atoms with van der Waals surface area (Å²) in [6.45, 7) is 1.32. The van der Waals surface area contributed by atoms with Crippen molar-refractivity contribution in [1.82, 2.24) is 20.2 Å². The molecule has 0 aromatic carbocycles. The zero-order chi connectivity index (χ0) is 15.4. The van der Waals surface area contributed by atoms with Gasteiger partial charge in [0.2, 0.25) is 0 Å². The van der Waals surface area contributed by atoms with Crippen molar-refractivity contribution in [3.8, 4) is 0 Å². The van der Waals surface area contributed by atoms with Gasteiger partial charge in [0.1, 0.15) is 13.2 Å². The molecule has 0 saturated heterocycles. The molecule has 7 nitrogen and oxygen atoms in total. The molecule has 1 aromatic rings. The molecular weight excluding hydrogens is 281 g/mol. The van der Waals surface area contributed by atoms with E-state index in [9.17, 15) is 23.1 Å². The Morgan fingerprint density at radius 1 is 1.35 bits per heavy atom. The molecule has 0 unspecified atom stereocenters. The first-order chi connectivity index (χ1) is 9.27. The van der Waals surface area contributed by atoms with Crippen LogP contribution in [0.2, 0.25) is 0 Å². The minimum Gasteiger partial charge on any atom is -0.479 e. The van der Waals surface area contributed by atoms with Gasteiger partial charge in [0.15, 0.2) is 11.4 Å². The summed E-state index contributed by atoms with van der Waals surface area (Å²) in [6.07, 6.45) is -4.08. The summed E-state index contributed by atoms with van der Waals surface area (Å²) in [5.41, 5.74) is -1.39. The van der Waals surface area contributed by atoms with E-state index in [2.05, 4.69) is 20.3 Å². The van der Waals surface area contributed by atoms with E-state index >= 15 is 0 Å². The van der Waals surface area contributed by atoms with Crippen LogP contribution in [0.5, 0.6) is 0 Å². The molecule has 1 aromatic heterocycles. The summed E-state index contributed by atoms with van der Waals surface area (Å²) in [4.78, 5) is 11.4. The van der Waals surface area contributed by atoms with Gasteiger partial charge in [-0.05, 0) is 23.3 Å². The Hall–Kier alpha value is -1.71. The van der Waals surface area contributed by atoms with Gasteiger partial charge in [0.05, 0.1) is 0 Å². The number of alkyl halides is 3. The van der Waals surface area contributed by atoms with E-state index in [1.54, 1.807) is 13.8 Å². The first-order valence-electron chi connectivity index (χ1n) is 5.92. The predicted octanol–water partition coefficient (Wildman–Crippen LogP) is 1.35. The first-order valence-corrected chi connectivity index (χ1v) is 5.92. The molecule has 114 valence electrons. The Labute approximate surface area is 112 Å². The molecule has 0 bridgehead atoms. The summed E-state index contributed by atoms with van der Waals surface area (Å²) in [5, 5.41) is 19.8. The zero-order valence-corrected chi connectivity index (χ0v) is 11.0. The molecule has 1 rings (SSSR count). The van der Waals surface area contributed by atoms with Gasteiger partial charge in [-0.3, -0.25) is 0 Å². The molecule has 0 aliphatic carbocycles. The van der Waals surface area contributed by atoms with Crippen LogP contribution in [0.4, 0.5) is 13.2 Å². The highest BCUT2D eigenvalue weighted by Crippen LogP contribution is 2.26. The molecule has 0 fully saturated rings. The van der Waals surface area contributed by atoms with E-state index in [1.165, 1.54) is 0 Å². The van der Waals surface area contributed by atoms with Gasteiger partial charge in [-0.25, -0.2) is 9.48 Å². The van der Waals surface area contributed by atoms with Crippen molar-refractivity contribution in [2.75, 3.05) is 6.61 Å². The molecule has 1 heterocycles. The fourth-order valence-corrected chi connectivity index (χ4v) is 1.83. The van der Waals surface area contributed by atoms with Gasteiger partial charge in [-0.1, -0.05) is 13.8 Å². The van der Waals surface area contributed by atoms with E-state index in [1.807, 2.05) is 0 Å². The standard InChI is InChI=1S/C10H15F3N4O3/c1-3-9(4-2,8(18)19)17-7(14-15-16-17)5-20-6-10(11,12)13/h3-6H2,1-2H3,(H,18,19). The van der Waals surface area contributed by atoms with Crippen LogP contribution in [-0.2, 0) is 21.7 Å². The summed E-state index contributed by atoms with van der Waals surface area (Å²) in [6, 6.07) is 0. The second-order valence-electron chi connectivity index (χ2n) is 4.16. The fourth-order valence-electron chi connectivity index (χ4n) is 1.83. The number of carboxylic acid groups (broad SMARTS) is 1. The van der Waals surface area contributed by atoms with Crippen molar-refractivity contribution >= 4 is 5.97 Å². The maximum Gasteiger partial charge on any atom is 0.411 e. The van der Waals surface area contributed by atoms with Crippen LogP contribution in [0.1, 0.15) is 32.5 Å². The van der Waals surface area contributed by atoms with E-state index in [0.717, 1.165) is 4.68 Å². The van der Waals surface area contributed by atoms with Crippen LogP contribution in [-0.4, -0.2) is 44.1 Å². The number of rotatable bonds is 7. The molecule has 0 saturated carbocycles. The number of nitrogens with zero attached hydrogens (tertiary/aromatic N) is 4. The van der Waals surface area contributed by atoms with Crippen LogP contribution in [0, 0.1) is 0 Å². The molecule has 0 aliphatic heterocycles. The molecule has 0 atom stereocenters. The van der Waals surface area contributed by atoms with Crippen molar-refractivity contribution < 1.29 is 27.8 Å². The van der Waals surface area contributed by atoms with Crippen LogP contribution in [0.25, 0.3) is 0 Å². The minimum atomic E-state index is -4.46. The Morgan fingerprint density at radius 3 is 2.40 bits per heavy atom. The van der Waals surface area contributed by atoms with Crippen molar-refractivity contribution in [2.24, 2.45) is 0 Å². The number of aliphatic carboxylic acids is 1. The minimum absolute atomic E-state index is 0.0552. The highest BCUT2D eigenvalue weighted by atomic mass is 19.4. The summed E-state index contributed by atoms with van der Waals surface area (Å²) in [7, 11) is 0. The van der Waals surface area contributed by atoms with Crippen molar-refractivity contribution in [3.63, 3.8) is 0 Å². The number of carboxylic acids is 1. The number of halogens is 3. The lowest BCUT2D eigenvalue weighted by Crippen LogP contribution is -2.43. The van der Waals surface area contributed by atoms with Crippen LogP contribution >= 0.6 is 0 Å². The van der Waals surface area contributed by atoms with Gasteiger partial charge >= 0.3 is 12.1 Å². The highest BCUT2D eigenvalue weighted by molar-refractivity contribution is 5.76. The lowest BCUT2D eigenvalue weighted by molar-refractivity contribution is -0.177. The third-order valence-corrected chi connectivity index (χ3v) is 3.00. The first kappa shape index (κ1) is 16.3. The molecule has 20 heavy (non-hydrogen) atoms. The lowest BCUT2D eigenvalue weighted by atomic mass is 9.93. The van der Waals surface area contributed by atoms with Gasteiger partial charge in [-0.15, -0.1) is 5.10 Å². The summed E-state index contributed by atoms with van der Waals surface area (Å²) in [5.74, 6) is -1.20. The van der Waals surface area contributed by atoms with Crippen LogP contribution in [0.3, 0.4) is 0 Å². The average molecular weight is 296 g/mol. The quantitative estimate of drug-likeness (QED) is 0.817. The van der Waals surface area contributed by atoms with Gasteiger partial charge in [-0.2, -0.15) is 13.2 Å². The Bertz CT molecular complexity index is 457. The molecule has 0 amide bonds. The Balaban J connectivity index is 2.92. The largest absolute Gasteiger partial charge is 0.479 e. The van der Waals surface area contributed by atoms with E-state index < -0.39 is 30.9 Å². The number of hydrogen-bond donors (Lipinski definition) is 1. The normalized spacial score (nSPS) is 12.7. The van der Waals surface area contributed by atoms with Gasteiger partial charge in [0, 0.05) is 0 Å². The zero-order valence-electron chi connectivity index (χ0n) is 11.0. The smallest absolute Gasteiger partial charge is 0.411 e. The molecular formula is C10H15F3N4O3. The predicted molar refractivity (Wildman–Crippen MR) is 59.7 cm³/mol. The second-order valence-corrected chi connectivity index (χ2v) is 4.16. The maximum absolute atomic E-state index is 12.0. The Kier molecular flexibility index (Phi) is 5.03. The molecule has 0 aliphatic rings. The van der Waals surface area contributed by atoms with E-state index in [0.29, 0.717) is 0 Å². The topological polar surface area (TPSA) is 90.1 Å². The summed E-state index contributed by atoms with van der Waals surface area (Å²) >= 11 is 0. The third-order valence-electron chi connectivity index (χ3n) is 3.00. The number of aromatic nitrogens is 4. The van der Waals surface area contributed by atoms with Crippen LogP contribution in [0.15, 0.2) is 0 Å². The van der Waals surface area contributed by atoms with E-state index in [-0.39, 0.29) is 18.7 Å². The van der Waals surface area contributed by atoms with Gasteiger partial charge in [0.25, 0.3) is 0 Å². The second kappa shape index (κ2) is 6.16. The molecule has 1 N–H and O–H groups in total. The SMILES string of the molecule is CCC(CC)(C(=O)O)n1nnnc1COCC(F)(F)F. The van der Waals surface area contributed by atoms with Crippen LogP contribution < -0.4 is 0 Å². The van der Waals surface area contributed by atoms with Crippen molar-refractivity contribution in [2.45, 2.75) is 45.0 Å². The maximum atomic E-state index is 12.0.